The highest BCUT2D eigenvalue weighted by Crippen LogP contribution is 2.50. The summed E-state index contributed by atoms with van der Waals surface area (Å²) >= 11 is 0. The Labute approximate surface area is 82.9 Å². The van der Waals surface area contributed by atoms with Gasteiger partial charge in [-0.05, 0) is 23.6 Å². The number of Topliss-reactive ketones (excluding diaryl/α,β-unsaturated/α-hetero) is 1. The maximum absolute atomic E-state index is 11.3. The van der Waals surface area contributed by atoms with Crippen molar-refractivity contribution in [3.05, 3.63) is 29.3 Å². The maximum Gasteiger partial charge on any atom is 0.137 e. The van der Waals surface area contributed by atoms with Crippen LogP contribution in [0.4, 0.5) is 0 Å². The van der Waals surface area contributed by atoms with Crippen molar-refractivity contribution in [2.45, 2.75) is 18.8 Å². The zero-order valence-corrected chi connectivity index (χ0v) is 8.12. The number of hydrogen-bond acceptors (Lipinski definition) is 2. The zero-order valence-electron chi connectivity index (χ0n) is 8.12. The first-order valence-corrected chi connectivity index (χ1v) is 4.99. The number of ketones is 1. The largest absolute Gasteiger partial charge is 0.496 e. The third-order valence-electron chi connectivity index (χ3n) is 3.53. The second kappa shape index (κ2) is 2.59. The van der Waals surface area contributed by atoms with Crippen molar-refractivity contribution in [1.82, 2.24) is 0 Å². The van der Waals surface area contributed by atoms with Gasteiger partial charge in [-0.1, -0.05) is 12.1 Å². The Bertz CT molecular complexity index is 409. The number of ether oxygens (including phenoxy) is 1. The van der Waals surface area contributed by atoms with Gasteiger partial charge in [-0.15, -0.1) is 0 Å². The molecule has 0 bridgehead atoms. The van der Waals surface area contributed by atoms with Crippen molar-refractivity contribution < 1.29 is 9.53 Å². The predicted octanol–water partition coefficient (Wildman–Crippen LogP) is 1.92. The average molecular weight is 188 g/mol. The molecule has 0 heterocycles. The summed E-state index contributed by atoms with van der Waals surface area (Å²) in [7, 11) is 1.69. The Morgan fingerprint density at radius 1 is 1.29 bits per heavy atom. The summed E-state index contributed by atoms with van der Waals surface area (Å²) in [5, 5.41) is 0. The molecule has 0 spiro atoms. The Morgan fingerprint density at radius 3 is 2.86 bits per heavy atom. The van der Waals surface area contributed by atoms with Crippen molar-refractivity contribution >= 4 is 5.78 Å². The molecule has 1 aromatic rings. The predicted molar refractivity (Wildman–Crippen MR) is 52.6 cm³/mol. The second-order valence-corrected chi connectivity index (χ2v) is 4.12. The standard InChI is InChI=1S/C12H12O2/c1-14-12-4-2-3-7-8-6-11(13)9(8)5-10(7)12/h2-4,8-9H,5-6H2,1H3. The highest BCUT2D eigenvalue weighted by molar-refractivity contribution is 5.91. The minimum absolute atomic E-state index is 0.265. The molecule has 2 unspecified atom stereocenters. The van der Waals surface area contributed by atoms with Gasteiger partial charge in [0.25, 0.3) is 0 Å². The van der Waals surface area contributed by atoms with E-state index in [0.717, 1.165) is 18.6 Å². The van der Waals surface area contributed by atoms with E-state index in [-0.39, 0.29) is 5.92 Å². The smallest absolute Gasteiger partial charge is 0.137 e. The molecule has 0 saturated heterocycles. The van der Waals surface area contributed by atoms with E-state index in [9.17, 15) is 4.79 Å². The van der Waals surface area contributed by atoms with Crippen LogP contribution in [0.1, 0.15) is 23.5 Å². The highest BCUT2D eigenvalue weighted by atomic mass is 16.5. The van der Waals surface area contributed by atoms with Gasteiger partial charge in [0.15, 0.2) is 0 Å². The lowest BCUT2D eigenvalue weighted by Gasteiger charge is -2.28. The van der Waals surface area contributed by atoms with Crippen LogP contribution in [0.2, 0.25) is 0 Å². The fourth-order valence-electron chi connectivity index (χ4n) is 2.72. The van der Waals surface area contributed by atoms with Crippen LogP contribution in [0.25, 0.3) is 0 Å². The van der Waals surface area contributed by atoms with Gasteiger partial charge < -0.3 is 4.74 Å². The van der Waals surface area contributed by atoms with E-state index in [1.807, 2.05) is 12.1 Å². The summed E-state index contributed by atoms with van der Waals surface area (Å²) in [6.45, 7) is 0. The Kier molecular flexibility index (Phi) is 1.49. The average Bonchev–Trinajstić information content (AvgIpc) is 2.51. The second-order valence-electron chi connectivity index (χ2n) is 4.12. The molecule has 0 radical (unpaired) electrons. The molecule has 14 heavy (non-hydrogen) atoms. The van der Waals surface area contributed by atoms with Gasteiger partial charge in [-0.3, -0.25) is 4.79 Å². The normalized spacial score (nSPS) is 27.9. The van der Waals surface area contributed by atoms with E-state index >= 15 is 0 Å². The fourth-order valence-corrected chi connectivity index (χ4v) is 2.72. The van der Waals surface area contributed by atoms with Gasteiger partial charge in [0.1, 0.15) is 11.5 Å². The SMILES string of the molecule is COc1cccc2c1CC1C(=O)CC21. The van der Waals surface area contributed by atoms with Gasteiger partial charge in [0, 0.05) is 18.3 Å². The summed E-state index contributed by atoms with van der Waals surface area (Å²) in [5.41, 5.74) is 2.60. The third kappa shape index (κ3) is 0.834. The van der Waals surface area contributed by atoms with Crippen molar-refractivity contribution in [3.8, 4) is 5.75 Å². The lowest BCUT2D eigenvalue weighted by molar-refractivity contribution is -0.130. The van der Waals surface area contributed by atoms with Crippen molar-refractivity contribution in [2.75, 3.05) is 7.11 Å². The summed E-state index contributed by atoms with van der Waals surface area (Å²) in [6.07, 6.45) is 1.63. The lowest BCUT2D eigenvalue weighted by Crippen LogP contribution is -2.31. The summed E-state index contributed by atoms with van der Waals surface area (Å²) < 4.78 is 5.31. The summed E-state index contributed by atoms with van der Waals surface area (Å²) in [6, 6.07) is 6.13. The van der Waals surface area contributed by atoms with Crippen LogP contribution in [0, 0.1) is 5.92 Å². The van der Waals surface area contributed by atoms with Crippen LogP contribution in [-0.2, 0) is 11.2 Å². The van der Waals surface area contributed by atoms with E-state index in [1.54, 1.807) is 7.11 Å². The molecule has 1 aromatic carbocycles. The summed E-state index contributed by atoms with van der Waals surface area (Å²) in [5.74, 6) is 2.13. The number of fused-ring (bicyclic) bond motifs is 3. The molecule has 2 nitrogen and oxygen atoms in total. The molecular formula is C12H12O2. The van der Waals surface area contributed by atoms with E-state index in [2.05, 4.69) is 6.07 Å². The molecule has 2 aliphatic rings. The van der Waals surface area contributed by atoms with Gasteiger partial charge in [0.05, 0.1) is 7.11 Å². The van der Waals surface area contributed by atoms with Crippen LogP contribution < -0.4 is 4.74 Å². The van der Waals surface area contributed by atoms with Crippen molar-refractivity contribution in [2.24, 2.45) is 5.92 Å². The van der Waals surface area contributed by atoms with Crippen LogP contribution >= 0.6 is 0 Å². The van der Waals surface area contributed by atoms with Gasteiger partial charge in [-0.25, -0.2) is 0 Å². The number of carbonyl (C=O) groups is 1. The monoisotopic (exact) mass is 188 g/mol. The summed E-state index contributed by atoms with van der Waals surface area (Å²) in [4.78, 5) is 11.3. The van der Waals surface area contributed by atoms with E-state index in [1.165, 1.54) is 11.1 Å². The number of benzene rings is 1. The molecule has 3 rings (SSSR count). The molecular weight excluding hydrogens is 176 g/mol. The van der Waals surface area contributed by atoms with Crippen molar-refractivity contribution in [3.63, 3.8) is 0 Å². The third-order valence-corrected chi connectivity index (χ3v) is 3.53. The molecule has 1 fully saturated rings. The molecule has 1 saturated carbocycles. The number of rotatable bonds is 1. The first kappa shape index (κ1) is 8.04. The fraction of sp³-hybridized carbons (Fsp3) is 0.417. The van der Waals surface area contributed by atoms with Crippen LogP contribution in [0.15, 0.2) is 18.2 Å². The van der Waals surface area contributed by atoms with E-state index in [4.69, 9.17) is 4.74 Å². The number of methoxy groups -OCH3 is 1. The first-order valence-electron chi connectivity index (χ1n) is 4.99. The number of carbonyl (C=O) groups excluding carboxylic acids is 1. The molecule has 0 aliphatic heterocycles. The molecule has 2 heteroatoms. The minimum atomic E-state index is 0.265. The molecule has 0 N–H and O–H groups in total. The molecule has 72 valence electrons. The Balaban J connectivity index is 2.09. The van der Waals surface area contributed by atoms with Crippen LogP contribution in [-0.4, -0.2) is 12.9 Å². The van der Waals surface area contributed by atoms with Gasteiger partial charge >= 0.3 is 0 Å². The molecule has 2 atom stereocenters. The number of hydrogen-bond donors (Lipinski definition) is 0. The first-order chi connectivity index (χ1) is 6.81. The Hall–Kier alpha value is -1.31. The van der Waals surface area contributed by atoms with Crippen LogP contribution in [0.3, 0.4) is 0 Å². The highest BCUT2D eigenvalue weighted by Gasteiger charge is 2.46. The zero-order chi connectivity index (χ0) is 9.71. The lowest BCUT2D eigenvalue weighted by atomic mass is 9.73. The molecule has 2 aliphatic carbocycles. The molecule has 0 aromatic heterocycles. The van der Waals surface area contributed by atoms with E-state index < -0.39 is 0 Å². The van der Waals surface area contributed by atoms with Gasteiger partial charge in [-0.2, -0.15) is 0 Å². The Morgan fingerprint density at radius 2 is 2.14 bits per heavy atom. The topological polar surface area (TPSA) is 26.3 Å². The quantitative estimate of drug-likeness (QED) is 0.673. The minimum Gasteiger partial charge on any atom is -0.496 e. The van der Waals surface area contributed by atoms with E-state index in [0.29, 0.717) is 11.7 Å². The maximum atomic E-state index is 11.3. The van der Waals surface area contributed by atoms with Gasteiger partial charge in [0.2, 0.25) is 0 Å². The molecule has 0 amide bonds. The van der Waals surface area contributed by atoms with Crippen LogP contribution in [0.5, 0.6) is 5.75 Å². The van der Waals surface area contributed by atoms with Crippen molar-refractivity contribution in [1.29, 1.82) is 0 Å².